The molecule has 8 nitrogen and oxygen atoms in total. The highest BCUT2D eigenvalue weighted by atomic mass is 16.6. The van der Waals surface area contributed by atoms with E-state index in [1.165, 1.54) is 18.2 Å². The third-order valence-electron chi connectivity index (χ3n) is 2.55. The van der Waals surface area contributed by atoms with Crippen LogP contribution in [-0.2, 0) is 4.74 Å². The molecular weight excluding hydrogens is 276 g/mol. The van der Waals surface area contributed by atoms with Gasteiger partial charge in [0.25, 0.3) is 5.69 Å². The number of anilines is 1. The Morgan fingerprint density at radius 2 is 2.10 bits per heavy atom. The molecule has 5 N–H and O–H groups in total. The van der Waals surface area contributed by atoms with Crippen molar-refractivity contribution >= 4 is 17.5 Å². The van der Waals surface area contributed by atoms with E-state index in [0.717, 1.165) is 0 Å². The monoisotopic (exact) mass is 296 g/mol. The number of nitrogens with two attached hydrogens (primary N) is 2. The van der Waals surface area contributed by atoms with E-state index in [1.54, 1.807) is 20.8 Å². The normalized spacial score (nSPS) is 12.6. The number of nitro groups is 1. The first kappa shape index (κ1) is 16.7. The maximum absolute atomic E-state index is 11.5. The smallest absolute Gasteiger partial charge is 0.407 e. The summed E-state index contributed by atoms with van der Waals surface area (Å²) in [5.41, 5.74) is 11.7. The molecule has 0 heterocycles. The van der Waals surface area contributed by atoms with Gasteiger partial charge in [-0.1, -0.05) is 0 Å². The van der Waals surface area contributed by atoms with E-state index in [4.69, 9.17) is 16.2 Å². The van der Waals surface area contributed by atoms with E-state index in [2.05, 4.69) is 5.32 Å². The zero-order valence-electron chi connectivity index (χ0n) is 12.3. The molecule has 0 aliphatic carbocycles. The molecule has 1 unspecified atom stereocenters. The van der Waals surface area contributed by atoms with Crippen LogP contribution in [0, 0.1) is 10.1 Å². The summed E-state index contributed by atoms with van der Waals surface area (Å²) in [6.07, 6.45) is -0.585. The number of benzene rings is 1. The third-order valence-corrected chi connectivity index (χ3v) is 2.55. The number of carbonyl (C=O) groups is 1. The highest BCUT2D eigenvalue weighted by Crippen LogP contribution is 2.23. The molecule has 116 valence electrons. The lowest BCUT2D eigenvalue weighted by molar-refractivity contribution is -0.384. The first-order valence-corrected chi connectivity index (χ1v) is 6.36. The van der Waals surface area contributed by atoms with Crippen LogP contribution < -0.4 is 16.8 Å². The average Bonchev–Trinajstić information content (AvgIpc) is 2.33. The Bertz CT molecular complexity index is 539. The first-order valence-electron chi connectivity index (χ1n) is 6.36. The Labute approximate surface area is 122 Å². The lowest BCUT2D eigenvalue weighted by atomic mass is 10.0. The van der Waals surface area contributed by atoms with Gasteiger partial charge in [0.1, 0.15) is 5.60 Å². The summed E-state index contributed by atoms with van der Waals surface area (Å²) in [6, 6.07) is 3.45. The summed E-state index contributed by atoms with van der Waals surface area (Å²) in [7, 11) is 0. The Morgan fingerprint density at radius 3 is 2.57 bits per heavy atom. The molecule has 21 heavy (non-hydrogen) atoms. The number of hydrogen-bond acceptors (Lipinski definition) is 6. The Morgan fingerprint density at radius 1 is 1.48 bits per heavy atom. The van der Waals surface area contributed by atoms with E-state index < -0.39 is 22.7 Å². The van der Waals surface area contributed by atoms with E-state index in [0.29, 0.717) is 5.56 Å². The zero-order chi connectivity index (χ0) is 16.2. The van der Waals surface area contributed by atoms with Crippen molar-refractivity contribution in [1.82, 2.24) is 5.32 Å². The number of non-ortho nitro benzene ring substituents is 1. The number of nitrogens with zero attached hydrogens (tertiary/aromatic N) is 1. The van der Waals surface area contributed by atoms with Crippen LogP contribution in [0.3, 0.4) is 0 Å². The van der Waals surface area contributed by atoms with Crippen molar-refractivity contribution in [2.75, 3.05) is 12.3 Å². The van der Waals surface area contributed by atoms with E-state index in [9.17, 15) is 14.9 Å². The molecule has 0 saturated heterocycles. The van der Waals surface area contributed by atoms with Crippen molar-refractivity contribution in [2.45, 2.75) is 32.4 Å². The van der Waals surface area contributed by atoms with Gasteiger partial charge in [0.15, 0.2) is 0 Å². The molecule has 0 spiro atoms. The maximum Gasteiger partial charge on any atom is 0.407 e. The van der Waals surface area contributed by atoms with Gasteiger partial charge < -0.3 is 21.5 Å². The molecule has 0 aliphatic rings. The van der Waals surface area contributed by atoms with Crippen molar-refractivity contribution in [1.29, 1.82) is 0 Å². The second-order valence-corrected chi connectivity index (χ2v) is 5.56. The van der Waals surface area contributed by atoms with Crippen LogP contribution in [0.5, 0.6) is 0 Å². The first-order chi connectivity index (χ1) is 9.60. The summed E-state index contributed by atoms with van der Waals surface area (Å²) >= 11 is 0. The standard InChI is InChI=1S/C13H20N4O4/c1-13(2,3)21-12(18)16-7-11(15)9-5-4-8(17(19)20)6-10(9)14/h4-6,11H,7,14-15H2,1-3H3,(H,16,18). The van der Waals surface area contributed by atoms with E-state index in [1.807, 2.05) is 0 Å². The molecule has 1 atom stereocenters. The van der Waals surface area contributed by atoms with Crippen LogP contribution in [0.15, 0.2) is 18.2 Å². The average molecular weight is 296 g/mol. The molecule has 0 aromatic heterocycles. The van der Waals surface area contributed by atoms with Crippen LogP contribution >= 0.6 is 0 Å². The van der Waals surface area contributed by atoms with Crippen molar-refractivity contribution in [3.8, 4) is 0 Å². The van der Waals surface area contributed by atoms with Gasteiger partial charge in [-0.25, -0.2) is 4.79 Å². The molecule has 0 radical (unpaired) electrons. The SMILES string of the molecule is CC(C)(C)OC(=O)NCC(N)c1ccc([N+](=O)[O-])cc1N. The van der Waals surface area contributed by atoms with Crippen molar-refractivity contribution < 1.29 is 14.5 Å². The van der Waals surface area contributed by atoms with E-state index >= 15 is 0 Å². The minimum absolute atomic E-state index is 0.108. The molecule has 1 aromatic carbocycles. The summed E-state index contributed by atoms with van der Waals surface area (Å²) in [5, 5.41) is 13.2. The van der Waals surface area contributed by atoms with Crippen LogP contribution in [0.2, 0.25) is 0 Å². The molecule has 8 heteroatoms. The summed E-state index contributed by atoms with van der Waals surface area (Å²) < 4.78 is 5.08. The Kier molecular flexibility index (Phi) is 5.09. The molecule has 1 rings (SSSR count). The minimum Gasteiger partial charge on any atom is -0.444 e. The zero-order valence-corrected chi connectivity index (χ0v) is 12.3. The van der Waals surface area contributed by atoms with Crippen molar-refractivity contribution in [3.05, 3.63) is 33.9 Å². The van der Waals surface area contributed by atoms with Crippen LogP contribution in [0.4, 0.5) is 16.2 Å². The number of nitro benzene ring substituents is 1. The van der Waals surface area contributed by atoms with Crippen molar-refractivity contribution in [2.24, 2.45) is 5.73 Å². The van der Waals surface area contributed by atoms with Crippen LogP contribution in [-0.4, -0.2) is 23.2 Å². The molecule has 0 saturated carbocycles. The number of nitrogen functional groups attached to an aromatic ring is 1. The number of amides is 1. The Hall–Kier alpha value is -2.35. The Balaban J connectivity index is 2.66. The van der Waals surface area contributed by atoms with Gasteiger partial charge in [0, 0.05) is 30.4 Å². The van der Waals surface area contributed by atoms with Crippen LogP contribution in [0.1, 0.15) is 32.4 Å². The molecule has 0 bridgehead atoms. The number of alkyl carbamates (subject to hydrolysis) is 1. The van der Waals surface area contributed by atoms with Gasteiger partial charge in [-0.2, -0.15) is 0 Å². The fraction of sp³-hybridized carbons (Fsp3) is 0.462. The lowest BCUT2D eigenvalue weighted by Gasteiger charge is -2.21. The summed E-state index contributed by atoms with van der Waals surface area (Å²) in [5.74, 6) is 0. The van der Waals surface area contributed by atoms with Gasteiger partial charge in [0.2, 0.25) is 0 Å². The minimum atomic E-state index is -0.597. The molecule has 1 amide bonds. The fourth-order valence-electron chi connectivity index (χ4n) is 1.63. The summed E-state index contributed by atoms with van der Waals surface area (Å²) in [6.45, 7) is 5.36. The number of ether oxygens (including phenoxy) is 1. The largest absolute Gasteiger partial charge is 0.444 e. The predicted octanol–water partition coefficient (Wildman–Crippen LogP) is 1.70. The molecular formula is C13H20N4O4. The van der Waals surface area contributed by atoms with Crippen LogP contribution in [0.25, 0.3) is 0 Å². The van der Waals surface area contributed by atoms with Gasteiger partial charge in [-0.15, -0.1) is 0 Å². The van der Waals surface area contributed by atoms with Crippen molar-refractivity contribution in [3.63, 3.8) is 0 Å². The van der Waals surface area contributed by atoms with Gasteiger partial charge >= 0.3 is 6.09 Å². The summed E-state index contributed by atoms with van der Waals surface area (Å²) in [4.78, 5) is 21.6. The quantitative estimate of drug-likeness (QED) is 0.440. The van der Waals surface area contributed by atoms with Gasteiger partial charge in [-0.05, 0) is 32.4 Å². The highest BCUT2D eigenvalue weighted by molar-refractivity contribution is 5.67. The maximum atomic E-state index is 11.5. The second kappa shape index (κ2) is 6.40. The van der Waals surface area contributed by atoms with Gasteiger partial charge in [-0.3, -0.25) is 10.1 Å². The molecule has 0 aliphatic heterocycles. The molecule has 0 fully saturated rings. The number of carbonyl (C=O) groups excluding carboxylic acids is 1. The second-order valence-electron chi connectivity index (χ2n) is 5.56. The van der Waals surface area contributed by atoms with Gasteiger partial charge in [0.05, 0.1) is 4.92 Å². The number of rotatable bonds is 4. The lowest BCUT2D eigenvalue weighted by Crippen LogP contribution is -2.36. The third kappa shape index (κ3) is 5.27. The number of nitrogens with one attached hydrogen (secondary N) is 1. The predicted molar refractivity (Wildman–Crippen MR) is 78.7 cm³/mol. The fourth-order valence-corrected chi connectivity index (χ4v) is 1.63. The van der Waals surface area contributed by atoms with E-state index in [-0.39, 0.29) is 17.9 Å². The highest BCUT2D eigenvalue weighted by Gasteiger charge is 2.18. The topological polar surface area (TPSA) is 134 Å². The number of hydrogen-bond donors (Lipinski definition) is 3. The molecule has 1 aromatic rings.